The Balaban J connectivity index is 1.73. The quantitative estimate of drug-likeness (QED) is 0.781. The van der Waals surface area contributed by atoms with E-state index in [0.29, 0.717) is 6.54 Å². The molecule has 2 unspecified atom stereocenters. The fourth-order valence-corrected chi connectivity index (χ4v) is 3.55. The SMILES string of the molecule is COC(=O)C1CCCN1C(=O)C1CCc2ccccc2C1. The largest absolute Gasteiger partial charge is 0.467 e. The number of methoxy groups -OCH3 is 1. The molecule has 1 fully saturated rings. The molecule has 0 bridgehead atoms. The van der Waals surface area contributed by atoms with Crippen molar-refractivity contribution >= 4 is 11.9 Å². The number of carbonyl (C=O) groups excluding carboxylic acids is 2. The number of esters is 1. The number of rotatable bonds is 2. The van der Waals surface area contributed by atoms with E-state index >= 15 is 0 Å². The second-order valence-electron chi connectivity index (χ2n) is 5.92. The summed E-state index contributed by atoms with van der Waals surface area (Å²) >= 11 is 0. The third kappa shape index (κ3) is 2.67. The van der Waals surface area contributed by atoms with Gasteiger partial charge in [-0.05, 0) is 43.2 Å². The summed E-state index contributed by atoms with van der Waals surface area (Å²) in [5, 5.41) is 0. The van der Waals surface area contributed by atoms with Crippen molar-refractivity contribution in [2.45, 2.75) is 38.1 Å². The van der Waals surface area contributed by atoms with Gasteiger partial charge in [-0.2, -0.15) is 0 Å². The first-order chi connectivity index (χ1) is 10.2. The van der Waals surface area contributed by atoms with E-state index in [4.69, 9.17) is 4.74 Å². The summed E-state index contributed by atoms with van der Waals surface area (Å²) in [7, 11) is 1.39. The number of ether oxygens (including phenoxy) is 1. The predicted molar refractivity (Wildman–Crippen MR) is 78.7 cm³/mol. The number of nitrogens with zero attached hydrogens (tertiary/aromatic N) is 1. The van der Waals surface area contributed by atoms with Crippen molar-refractivity contribution < 1.29 is 14.3 Å². The average molecular weight is 287 g/mol. The molecule has 1 amide bonds. The molecule has 1 aromatic carbocycles. The van der Waals surface area contributed by atoms with Gasteiger partial charge in [0.1, 0.15) is 6.04 Å². The number of hydrogen-bond donors (Lipinski definition) is 0. The van der Waals surface area contributed by atoms with Gasteiger partial charge < -0.3 is 9.64 Å². The summed E-state index contributed by atoms with van der Waals surface area (Å²) in [5.41, 5.74) is 2.63. The van der Waals surface area contributed by atoms with Gasteiger partial charge in [-0.25, -0.2) is 4.79 Å². The van der Waals surface area contributed by atoms with Crippen LogP contribution in [-0.2, 0) is 27.2 Å². The van der Waals surface area contributed by atoms with Gasteiger partial charge in [0.2, 0.25) is 5.91 Å². The molecule has 0 saturated carbocycles. The number of fused-ring (bicyclic) bond motifs is 1. The Morgan fingerprint density at radius 1 is 1.19 bits per heavy atom. The summed E-state index contributed by atoms with van der Waals surface area (Å²) < 4.78 is 4.83. The normalized spacial score (nSPS) is 24.5. The van der Waals surface area contributed by atoms with Gasteiger partial charge in [-0.3, -0.25) is 4.79 Å². The Labute approximate surface area is 125 Å². The van der Waals surface area contributed by atoms with Crippen molar-refractivity contribution in [3.8, 4) is 0 Å². The van der Waals surface area contributed by atoms with Crippen LogP contribution in [0.5, 0.6) is 0 Å². The van der Waals surface area contributed by atoms with Crippen molar-refractivity contribution in [1.82, 2.24) is 4.90 Å². The molecular formula is C17H21NO3. The monoisotopic (exact) mass is 287 g/mol. The van der Waals surface area contributed by atoms with Crippen LogP contribution in [0.2, 0.25) is 0 Å². The van der Waals surface area contributed by atoms with E-state index in [2.05, 4.69) is 18.2 Å². The van der Waals surface area contributed by atoms with E-state index in [0.717, 1.165) is 32.1 Å². The fraction of sp³-hybridized carbons (Fsp3) is 0.529. The minimum Gasteiger partial charge on any atom is -0.467 e. The van der Waals surface area contributed by atoms with Crippen LogP contribution in [0.25, 0.3) is 0 Å². The standard InChI is InChI=1S/C17H21NO3/c1-21-17(20)15-7-4-10-18(15)16(19)14-9-8-12-5-2-3-6-13(12)11-14/h2-3,5-6,14-15H,4,7-11H2,1H3. The smallest absolute Gasteiger partial charge is 0.328 e. The molecular weight excluding hydrogens is 266 g/mol. The van der Waals surface area contributed by atoms with Crippen LogP contribution in [-0.4, -0.2) is 36.5 Å². The van der Waals surface area contributed by atoms with E-state index < -0.39 is 0 Å². The molecule has 1 aliphatic carbocycles. The molecule has 3 rings (SSSR count). The number of carbonyl (C=O) groups is 2. The lowest BCUT2D eigenvalue weighted by Gasteiger charge is -2.30. The van der Waals surface area contributed by atoms with Crippen LogP contribution in [0.1, 0.15) is 30.4 Å². The highest BCUT2D eigenvalue weighted by Gasteiger charge is 2.38. The molecule has 2 aliphatic rings. The molecule has 1 heterocycles. The third-order valence-corrected chi connectivity index (χ3v) is 4.71. The number of benzene rings is 1. The number of aryl methyl sites for hydroxylation is 1. The van der Waals surface area contributed by atoms with Gasteiger partial charge in [-0.1, -0.05) is 24.3 Å². The van der Waals surface area contributed by atoms with E-state index in [1.165, 1.54) is 18.2 Å². The van der Waals surface area contributed by atoms with Crippen LogP contribution in [0, 0.1) is 5.92 Å². The minimum atomic E-state index is -0.375. The van der Waals surface area contributed by atoms with Crippen LogP contribution in [0.3, 0.4) is 0 Å². The maximum Gasteiger partial charge on any atom is 0.328 e. The van der Waals surface area contributed by atoms with Gasteiger partial charge >= 0.3 is 5.97 Å². The van der Waals surface area contributed by atoms with E-state index in [-0.39, 0.29) is 23.8 Å². The molecule has 4 heteroatoms. The number of amides is 1. The van der Waals surface area contributed by atoms with Crippen molar-refractivity contribution in [3.05, 3.63) is 35.4 Å². The Hall–Kier alpha value is -1.84. The second kappa shape index (κ2) is 5.88. The fourth-order valence-electron chi connectivity index (χ4n) is 3.55. The maximum atomic E-state index is 12.8. The first-order valence-corrected chi connectivity index (χ1v) is 7.66. The predicted octanol–water partition coefficient (Wildman–Crippen LogP) is 1.96. The molecule has 4 nitrogen and oxygen atoms in total. The van der Waals surface area contributed by atoms with E-state index in [1.54, 1.807) is 4.90 Å². The van der Waals surface area contributed by atoms with Gasteiger partial charge in [0.25, 0.3) is 0 Å². The van der Waals surface area contributed by atoms with E-state index in [9.17, 15) is 9.59 Å². The lowest BCUT2D eigenvalue weighted by Crippen LogP contribution is -2.45. The zero-order valence-corrected chi connectivity index (χ0v) is 12.4. The highest BCUT2D eigenvalue weighted by atomic mass is 16.5. The summed E-state index contributed by atoms with van der Waals surface area (Å²) in [6, 6.07) is 7.95. The number of hydrogen-bond acceptors (Lipinski definition) is 3. The molecule has 0 aromatic heterocycles. The Kier molecular flexibility index (Phi) is 3.95. The Morgan fingerprint density at radius 2 is 1.95 bits per heavy atom. The van der Waals surface area contributed by atoms with Crippen LogP contribution in [0.15, 0.2) is 24.3 Å². The molecule has 0 radical (unpaired) electrons. The molecule has 2 atom stereocenters. The van der Waals surface area contributed by atoms with Crippen LogP contribution >= 0.6 is 0 Å². The molecule has 112 valence electrons. The zero-order valence-electron chi connectivity index (χ0n) is 12.4. The summed E-state index contributed by atoms with van der Waals surface area (Å²) in [4.78, 5) is 26.3. The van der Waals surface area contributed by atoms with Crippen molar-refractivity contribution in [1.29, 1.82) is 0 Å². The molecule has 0 N–H and O–H groups in total. The first kappa shape index (κ1) is 14.1. The lowest BCUT2D eigenvalue weighted by atomic mass is 9.83. The van der Waals surface area contributed by atoms with Gasteiger partial charge in [-0.15, -0.1) is 0 Å². The summed E-state index contributed by atoms with van der Waals surface area (Å²) in [6.45, 7) is 0.677. The summed E-state index contributed by atoms with van der Waals surface area (Å²) in [6.07, 6.45) is 4.22. The van der Waals surface area contributed by atoms with Crippen LogP contribution < -0.4 is 0 Å². The second-order valence-corrected chi connectivity index (χ2v) is 5.92. The summed E-state index contributed by atoms with van der Waals surface area (Å²) in [5.74, 6) is -0.153. The minimum absolute atomic E-state index is 0.00477. The molecule has 1 aromatic rings. The van der Waals surface area contributed by atoms with Gasteiger partial charge in [0, 0.05) is 12.5 Å². The topological polar surface area (TPSA) is 46.6 Å². The van der Waals surface area contributed by atoms with Gasteiger partial charge in [0.05, 0.1) is 7.11 Å². The number of likely N-dealkylation sites (tertiary alicyclic amines) is 1. The Bertz CT molecular complexity index is 555. The van der Waals surface area contributed by atoms with Crippen molar-refractivity contribution in [3.63, 3.8) is 0 Å². The molecule has 21 heavy (non-hydrogen) atoms. The molecule has 0 spiro atoms. The zero-order chi connectivity index (χ0) is 14.8. The molecule has 1 aliphatic heterocycles. The molecule has 1 saturated heterocycles. The highest BCUT2D eigenvalue weighted by Crippen LogP contribution is 2.29. The highest BCUT2D eigenvalue weighted by molar-refractivity contribution is 5.86. The lowest BCUT2D eigenvalue weighted by molar-refractivity contribution is -0.152. The van der Waals surface area contributed by atoms with Crippen LogP contribution in [0.4, 0.5) is 0 Å². The average Bonchev–Trinajstić information content (AvgIpc) is 3.02. The van der Waals surface area contributed by atoms with E-state index in [1.807, 2.05) is 6.07 Å². The maximum absolute atomic E-state index is 12.8. The third-order valence-electron chi connectivity index (χ3n) is 4.71. The van der Waals surface area contributed by atoms with Crippen molar-refractivity contribution in [2.24, 2.45) is 5.92 Å². The van der Waals surface area contributed by atoms with Crippen molar-refractivity contribution in [2.75, 3.05) is 13.7 Å². The first-order valence-electron chi connectivity index (χ1n) is 7.66. The Morgan fingerprint density at radius 3 is 2.71 bits per heavy atom. The van der Waals surface area contributed by atoms with Gasteiger partial charge in [0.15, 0.2) is 0 Å².